The van der Waals surface area contributed by atoms with Crippen LogP contribution in [0.15, 0.2) is 48.5 Å². The highest BCUT2D eigenvalue weighted by Gasteiger charge is 2.15. The molecule has 0 spiro atoms. The molecule has 0 heterocycles. The van der Waals surface area contributed by atoms with Gasteiger partial charge in [-0.1, -0.05) is 70.7 Å². The Balaban J connectivity index is 1.97. The molecule has 0 saturated heterocycles. The first-order chi connectivity index (χ1) is 13.5. The highest BCUT2D eigenvalue weighted by molar-refractivity contribution is 5.96. The van der Waals surface area contributed by atoms with Crippen molar-refractivity contribution in [2.75, 3.05) is 6.61 Å². The first kappa shape index (κ1) is 21.7. The van der Waals surface area contributed by atoms with Gasteiger partial charge in [-0.15, -0.1) is 0 Å². The van der Waals surface area contributed by atoms with E-state index in [1.54, 1.807) is 24.3 Å². The van der Waals surface area contributed by atoms with Gasteiger partial charge in [-0.3, -0.25) is 0 Å². The third kappa shape index (κ3) is 6.52. The van der Waals surface area contributed by atoms with Gasteiger partial charge in [0, 0.05) is 0 Å². The van der Waals surface area contributed by atoms with Crippen LogP contribution in [-0.4, -0.2) is 18.5 Å². The van der Waals surface area contributed by atoms with Crippen LogP contribution >= 0.6 is 0 Å². The van der Waals surface area contributed by atoms with Crippen molar-refractivity contribution < 1.29 is 19.1 Å². The lowest BCUT2D eigenvalue weighted by Crippen LogP contribution is -2.12. The number of carbonyl (C=O) groups excluding carboxylic acids is 2. The number of esters is 2. The fourth-order valence-electron chi connectivity index (χ4n) is 2.94. The largest absolute Gasteiger partial charge is 0.462 e. The van der Waals surface area contributed by atoms with Crippen LogP contribution in [0.3, 0.4) is 0 Å². The molecule has 0 aliphatic carbocycles. The minimum atomic E-state index is -0.484. The topological polar surface area (TPSA) is 52.6 Å². The van der Waals surface area contributed by atoms with Crippen LogP contribution in [0.25, 0.3) is 0 Å². The van der Waals surface area contributed by atoms with Crippen LogP contribution in [0.5, 0.6) is 5.75 Å². The summed E-state index contributed by atoms with van der Waals surface area (Å²) in [6, 6.07) is 14.0. The first-order valence-corrected chi connectivity index (χ1v) is 10.1. The summed E-state index contributed by atoms with van der Waals surface area (Å²) in [5, 5.41) is 0. The predicted molar refractivity (Wildman–Crippen MR) is 111 cm³/mol. The second-order valence-corrected chi connectivity index (χ2v) is 7.21. The lowest BCUT2D eigenvalue weighted by molar-refractivity contribution is 0.0497. The van der Waals surface area contributed by atoms with Crippen molar-refractivity contribution in [3.8, 4) is 5.75 Å². The second-order valence-electron chi connectivity index (χ2n) is 7.21. The quantitative estimate of drug-likeness (QED) is 0.281. The number of para-hydroxylation sites is 1. The number of ether oxygens (including phenoxy) is 2. The van der Waals surface area contributed by atoms with Crippen LogP contribution in [0.1, 0.15) is 85.1 Å². The molecule has 2 aromatic rings. The minimum Gasteiger partial charge on any atom is -0.462 e. The average molecular weight is 383 g/mol. The summed E-state index contributed by atoms with van der Waals surface area (Å²) in [5.74, 6) is -0.111. The molecule has 0 atom stereocenters. The molecule has 0 radical (unpaired) electrons. The maximum Gasteiger partial charge on any atom is 0.343 e. The number of hydrogen-bond acceptors (Lipinski definition) is 4. The summed E-state index contributed by atoms with van der Waals surface area (Å²) < 4.78 is 10.9. The van der Waals surface area contributed by atoms with Gasteiger partial charge in [0.1, 0.15) is 5.75 Å². The third-order valence-electron chi connectivity index (χ3n) is 4.56. The fourth-order valence-corrected chi connectivity index (χ4v) is 2.94. The van der Waals surface area contributed by atoms with Crippen LogP contribution in [-0.2, 0) is 4.74 Å². The Bertz CT molecular complexity index is 780. The van der Waals surface area contributed by atoms with E-state index in [1.807, 2.05) is 32.0 Å². The Morgan fingerprint density at radius 3 is 2.25 bits per heavy atom. The Morgan fingerprint density at radius 2 is 1.54 bits per heavy atom. The smallest absolute Gasteiger partial charge is 0.343 e. The SMILES string of the molecule is CCCCCCCOC(=O)c1cccc(C(=O)Oc2ccccc2C(C)C)c1. The maximum absolute atomic E-state index is 12.6. The van der Waals surface area contributed by atoms with E-state index in [9.17, 15) is 9.59 Å². The van der Waals surface area contributed by atoms with Crippen molar-refractivity contribution in [3.63, 3.8) is 0 Å². The summed E-state index contributed by atoms with van der Waals surface area (Å²) in [6.07, 6.45) is 5.47. The maximum atomic E-state index is 12.6. The summed E-state index contributed by atoms with van der Waals surface area (Å²) >= 11 is 0. The predicted octanol–water partition coefficient (Wildman–Crippen LogP) is 6.16. The zero-order valence-electron chi connectivity index (χ0n) is 17.1. The van der Waals surface area contributed by atoms with E-state index < -0.39 is 11.9 Å². The molecule has 28 heavy (non-hydrogen) atoms. The van der Waals surface area contributed by atoms with Gasteiger partial charge < -0.3 is 9.47 Å². The second kappa shape index (κ2) is 11.3. The number of unbranched alkanes of at least 4 members (excludes halogenated alkanes) is 4. The van der Waals surface area contributed by atoms with E-state index in [-0.39, 0.29) is 5.92 Å². The summed E-state index contributed by atoms with van der Waals surface area (Å²) in [4.78, 5) is 24.8. The molecule has 0 unspecified atom stereocenters. The lowest BCUT2D eigenvalue weighted by Gasteiger charge is -2.12. The number of benzene rings is 2. The van der Waals surface area contributed by atoms with Crippen molar-refractivity contribution >= 4 is 11.9 Å². The molecular formula is C24H30O4. The van der Waals surface area contributed by atoms with Crippen molar-refractivity contribution in [2.45, 2.75) is 58.8 Å². The molecule has 150 valence electrons. The van der Waals surface area contributed by atoms with Crippen LogP contribution in [0.2, 0.25) is 0 Å². The first-order valence-electron chi connectivity index (χ1n) is 10.1. The molecule has 4 heteroatoms. The average Bonchev–Trinajstić information content (AvgIpc) is 2.70. The fraction of sp³-hybridized carbons (Fsp3) is 0.417. The van der Waals surface area contributed by atoms with Gasteiger partial charge >= 0.3 is 11.9 Å². The molecule has 0 bridgehead atoms. The Hall–Kier alpha value is -2.62. The van der Waals surface area contributed by atoms with Crippen molar-refractivity contribution in [2.24, 2.45) is 0 Å². The van der Waals surface area contributed by atoms with Gasteiger partial charge in [0.25, 0.3) is 0 Å². The Morgan fingerprint density at radius 1 is 0.857 bits per heavy atom. The van der Waals surface area contributed by atoms with Crippen molar-refractivity contribution in [1.82, 2.24) is 0 Å². The highest BCUT2D eigenvalue weighted by Crippen LogP contribution is 2.26. The molecule has 0 aromatic heterocycles. The van der Waals surface area contributed by atoms with E-state index in [0.717, 1.165) is 24.8 Å². The highest BCUT2D eigenvalue weighted by atomic mass is 16.5. The van der Waals surface area contributed by atoms with Gasteiger partial charge in [-0.05, 0) is 42.2 Å². The summed E-state index contributed by atoms with van der Waals surface area (Å²) in [7, 11) is 0. The standard InChI is InChI=1S/C24H30O4/c1-4-5-6-7-10-16-27-23(25)19-12-11-13-20(17-19)24(26)28-22-15-9-8-14-21(22)18(2)3/h8-9,11-15,17-18H,4-7,10,16H2,1-3H3. The molecule has 0 aliphatic heterocycles. The zero-order chi connectivity index (χ0) is 20.4. The number of hydrogen-bond donors (Lipinski definition) is 0. The molecule has 0 saturated carbocycles. The van der Waals surface area contributed by atoms with Crippen molar-refractivity contribution in [1.29, 1.82) is 0 Å². The van der Waals surface area contributed by atoms with Gasteiger partial charge in [0.2, 0.25) is 0 Å². The van der Waals surface area contributed by atoms with E-state index in [0.29, 0.717) is 23.5 Å². The van der Waals surface area contributed by atoms with Gasteiger partial charge in [-0.25, -0.2) is 9.59 Å². The van der Waals surface area contributed by atoms with Crippen LogP contribution in [0, 0.1) is 0 Å². The van der Waals surface area contributed by atoms with E-state index in [4.69, 9.17) is 9.47 Å². The van der Waals surface area contributed by atoms with Crippen LogP contribution < -0.4 is 4.74 Å². The monoisotopic (exact) mass is 382 g/mol. The van der Waals surface area contributed by atoms with Gasteiger partial charge in [0.15, 0.2) is 0 Å². The molecular weight excluding hydrogens is 352 g/mol. The number of carbonyl (C=O) groups is 2. The van der Waals surface area contributed by atoms with Crippen molar-refractivity contribution in [3.05, 3.63) is 65.2 Å². The normalized spacial score (nSPS) is 10.7. The third-order valence-corrected chi connectivity index (χ3v) is 4.56. The van der Waals surface area contributed by atoms with E-state index in [2.05, 4.69) is 6.92 Å². The van der Waals surface area contributed by atoms with E-state index in [1.165, 1.54) is 18.9 Å². The lowest BCUT2D eigenvalue weighted by atomic mass is 10.0. The number of rotatable bonds is 10. The van der Waals surface area contributed by atoms with Crippen LogP contribution in [0.4, 0.5) is 0 Å². The molecule has 4 nitrogen and oxygen atoms in total. The Kier molecular flexibility index (Phi) is 8.73. The van der Waals surface area contributed by atoms with Gasteiger partial charge in [0.05, 0.1) is 17.7 Å². The minimum absolute atomic E-state index is 0.239. The molecule has 2 aromatic carbocycles. The zero-order valence-corrected chi connectivity index (χ0v) is 17.1. The Labute approximate surface area is 167 Å². The molecule has 0 aliphatic rings. The molecule has 0 fully saturated rings. The summed E-state index contributed by atoms with van der Waals surface area (Å²) in [6.45, 7) is 6.66. The van der Waals surface area contributed by atoms with Gasteiger partial charge in [-0.2, -0.15) is 0 Å². The summed E-state index contributed by atoms with van der Waals surface area (Å²) in [5.41, 5.74) is 1.66. The molecule has 0 N–H and O–H groups in total. The molecule has 2 rings (SSSR count). The van der Waals surface area contributed by atoms with E-state index >= 15 is 0 Å². The molecule has 0 amide bonds.